The topological polar surface area (TPSA) is 98.7 Å². The van der Waals surface area contributed by atoms with E-state index in [1.54, 1.807) is 36.1 Å². The lowest BCUT2D eigenvalue weighted by molar-refractivity contribution is -0.120. The molecule has 8 nitrogen and oxygen atoms in total. The highest BCUT2D eigenvalue weighted by molar-refractivity contribution is 7.13. The second-order valence-electron chi connectivity index (χ2n) is 6.53. The summed E-state index contributed by atoms with van der Waals surface area (Å²) < 4.78 is 7.01. The van der Waals surface area contributed by atoms with E-state index >= 15 is 0 Å². The van der Waals surface area contributed by atoms with Crippen molar-refractivity contribution in [1.82, 2.24) is 30.2 Å². The fourth-order valence-corrected chi connectivity index (χ4v) is 3.92. The average Bonchev–Trinajstić information content (AvgIpc) is 3.46. The molecule has 0 saturated carbocycles. The molecule has 0 atom stereocenters. The summed E-state index contributed by atoms with van der Waals surface area (Å²) in [4.78, 5) is 22.0. The highest BCUT2D eigenvalue weighted by atomic mass is 32.1. The van der Waals surface area contributed by atoms with Gasteiger partial charge in [-0.05, 0) is 25.3 Å². The summed E-state index contributed by atoms with van der Waals surface area (Å²) in [6.07, 6.45) is 7.09. The van der Waals surface area contributed by atoms with E-state index in [0.29, 0.717) is 18.8 Å². The second kappa shape index (κ2) is 8.36. The first-order valence-electron chi connectivity index (χ1n) is 9.18. The Labute approximate surface area is 171 Å². The summed E-state index contributed by atoms with van der Waals surface area (Å²) in [5.74, 6) is 0.608. The molecule has 0 bridgehead atoms. The van der Waals surface area contributed by atoms with E-state index in [9.17, 15) is 4.79 Å². The van der Waals surface area contributed by atoms with Crippen LogP contribution in [0.4, 0.5) is 0 Å². The van der Waals surface area contributed by atoms with Gasteiger partial charge in [-0.2, -0.15) is 5.10 Å². The number of thiophene rings is 1. The van der Waals surface area contributed by atoms with Gasteiger partial charge in [-0.25, -0.2) is 0 Å². The molecule has 0 saturated heterocycles. The Morgan fingerprint density at radius 3 is 2.86 bits per heavy atom. The highest BCUT2D eigenvalue weighted by Crippen LogP contribution is 2.33. The molecule has 4 aromatic rings. The lowest BCUT2D eigenvalue weighted by Gasteiger charge is -2.09. The Morgan fingerprint density at radius 1 is 1.28 bits per heavy atom. The Hall–Kier alpha value is -3.33. The van der Waals surface area contributed by atoms with Gasteiger partial charge in [0, 0.05) is 30.1 Å². The van der Waals surface area contributed by atoms with E-state index in [2.05, 4.69) is 25.5 Å². The smallest absolute Gasteiger partial charge is 0.224 e. The van der Waals surface area contributed by atoms with Gasteiger partial charge in [0.25, 0.3) is 0 Å². The molecule has 4 aromatic heterocycles. The van der Waals surface area contributed by atoms with Crippen LogP contribution in [-0.2, 0) is 17.8 Å². The maximum atomic E-state index is 12.3. The van der Waals surface area contributed by atoms with Gasteiger partial charge in [-0.1, -0.05) is 11.2 Å². The maximum Gasteiger partial charge on any atom is 0.224 e. The molecule has 1 amide bonds. The molecule has 4 heterocycles. The summed E-state index contributed by atoms with van der Waals surface area (Å²) >= 11 is 1.64. The quantitative estimate of drug-likeness (QED) is 0.505. The van der Waals surface area contributed by atoms with Crippen molar-refractivity contribution < 1.29 is 9.32 Å². The van der Waals surface area contributed by atoms with Gasteiger partial charge >= 0.3 is 0 Å². The molecule has 0 aliphatic rings. The molecule has 0 radical (unpaired) electrons. The number of hydrogen-bond acceptors (Lipinski definition) is 7. The first kappa shape index (κ1) is 19.0. The van der Waals surface area contributed by atoms with Crippen molar-refractivity contribution >= 4 is 17.2 Å². The zero-order valence-electron chi connectivity index (χ0n) is 16.1. The minimum absolute atomic E-state index is 0.0709. The Morgan fingerprint density at radius 2 is 2.17 bits per heavy atom. The monoisotopic (exact) mass is 408 g/mol. The number of nitrogens with one attached hydrogen (secondary N) is 1. The van der Waals surface area contributed by atoms with Crippen LogP contribution < -0.4 is 5.32 Å². The Bertz CT molecular complexity index is 1080. The average molecular weight is 408 g/mol. The number of aryl methyl sites for hydroxylation is 2. The molecule has 4 rings (SSSR count). The van der Waals surface area contributed by atoms with Crippen molar-refractivity contribution in [3.8, 4) is 21.8 Å². The van der Waals surface area contributed by atoms with Crippen LogP contribution in [0.25, 0.3) is 21.8 Å². The maximum absolute atomic E-state index is 12.3. The molecule has 0 fully saturated rings. The van der Waals surface area contributed by atoms with Crippen LogP contribution in [0, 0.1) is 13.8 Å². The van der Waals surface area contributed by atoms with Crippen LogP contribution in [0.2, 0.25) is 0 Å². The van der Waals surface area contributed by atoms with E-state index in [1.165, 1.54) is 0 Å². The van der Waals surface area contributed by atoms with Crippen LogP contribution in [0.15, 0.2) is 46.8 Å². The largest absolute Gasteiger partial charge is 0.361 e. The molecular formula is C20H20N6O2S. The van der Waals surface area contributed by atoms with Crippen molar-refractivity contribution in [3.63, 3.8) is 0 Å². The van der Waals surface area contributed by atoms with Crippen LogP contribution in [0.1, 0.15) is 17.0 Å². The minimum atomic E-state index is -0.0709. The zero-order chi connectivity index (χ0) is 20.2. The predicted octanol–water partition coefficient (Wildman–Crippen LogP) is 3.03. The molecule has 148 valence electrons. The van der Waals surface area contributed by atoms with Crippen molar-refractivity contribution in [3.05, 3.63) is 59.3 Å². The van der Waals surface area contributed by atoms with Crippen molar-refractivity contribution in [1.29, 1.82) is 0 Å². The lowest BCUT2D eigenvalue weighted by Crippen LogP contribution is -2.29. The van der Waals surface area contributed by atoms with E-state index in [4.69, 9.17) is 4.52 Å². The van der Waals surface area contributed by atoms with Crippen LogP contribution in [0.5, 0.6) is 0 Å². The van der Waals surface area contributed by atoms with Gasteiger partial charge < -0.3 is 9.84 Å². The van der Waals surface area contributed by atoms with Crippen molar-refractivity contribution in [2.45, 2.75) is 26.8 Å². The molecule has 0 aliphatic heterocycles. The standard InChI is InChI=1S/C20H20N6O2S/c1-13-15(14(2)28-25-13)10-19(27)23-7-8-26-20(18-4-3-9-29-18)16(11-24-26)17-12-21-5-6-22-17/h3-6,9,11-12H,7-8,10H2,1-2H3,(H,23,27). The zero-order valence-corrected chi connectivity index (χ0v) is 16.9. The number of nitrogens with zero attached hydrogens (tertiary/aromatic N) is 5. The predicted molar refractivity (Wildman–Crippen MR) is 109 cm³/mol. The number of carbonyl (C=O) groups is 1. The summed E-state index contributed by atoms with van der Waals surface area (Å²) in [6, 6.07) is 4.05. The number of amides is 1. The fraction of sp³-hybridized carbons (Fsp3) is 0.250. The number of rotatable bonds is 7. The van der Waals surface area contributed by atoms with Gasteiger partial charge in [0.05, 0.1) is 47.3 Å². The normalized spacial score (nSPS) is 11.0. The van der Waals surface area contributed by atoms with Gasteiger partial charge in [0.1, 0.15) is 5.76 Å². The third-order valence-corrected chi connectivity index (χ3v) is 5.47. The van der Waals surface area contributed by atoms with E-state index in [-0.39, 0.29) is 12.3 Å². The van der Waals surface area contributed by atoms with Gasteiger partial charge in [-0.15, -0.1) is 11.3 Å². The third-order valence-electron chi connectivity index (χ3n) is 4.60. The van der Waals surface area contributed by atoms with Crippen LogP contribution in [-0.4, -0.2) is 37.4 Å². The minimum Gasteiger partial charge on any atom is -0.361 e. The van der Waals surface area contributed by atoms with E-state index in [0.717, 1.165) is 33.1 Å². The van der Waals surface area contributed by atoms with Crippen molar-refractivity contribution in [2.75, 3.05) is 6.54 Å². The first-order chi connectivity index (χ1) is 14.1. The van der Waals surface area contributed by atoms with E-state index < -0.39 is 0 Å². The highest BCUT2D eigenvalue weighted by Gasteiger charge is 2.17. The third kappa shape index (κ3) is 4.09. The molecular weight excluding hydrogens is 388 g/mol. The van der Waals surface area contributed by atoms with Crippen LogP contribution >= 0.6 is 11.3 Å². The number of hydrogen-bond donors (Lipinski definition) is 1. The van der Waals surface area contributed by atoms with E-state index in [1.807, 2.05) is 36.0 Å². The number of carbonyl (C=O) groups excluding carboxylic acids is 1. The van der Waals surface area contributed by atoms with Gasteiger partial charge in [-0.3, -0.25) is 19.4 Å². The fourth-order valence-electron chi connectivity index (χ4n) is 3.13. The summed E-state index contributed by atoms with van der Waals surface area (Å²) in [5, 5.41) is 13.4. The lowest BCUT2D eigenvalue weighted by atomic mass is 10.1. The first-order valence-corrected chi connectivity index (χ1v) is 10.1. The molecule has 0 unspecified atom stereocenters. The SMILES string of the molecule is Cc1noc(C)c1CC(=O)NCCn1ncc(-c2cnccn2)c1-c1cccs1. The Kier molecular flexibility index (Phi) is 5.48. The summed E-state index contributed by atoms with van der Waals surface area (Å²) in [6.45, 7) is 4.65. The van der Waals surface area contributed by atoms with Gasteiger partial charge in [0.15, 0.2) is 0 Å². The molecule has 0 aromatic carbocycles. The van der Waals surface area contributed by atoms with Crippen LogP contribution in [0.3, 0.4) is 0 Å². The number of aromatic nitrogens is 5. The molecule has 0 aliphatic carbocycles. The molecule has 1 N–H and O–H groups in total. The summed E-state index contributed by atoms with van der Waals surface area (Å²) in [7, 11) is 0. The Balaban J connectivity index is 1.48. The molecule has 29 heavy (non-hydrogen) atoms. The molecule has 9 heteroatoms. The van der Waals surface area contributed by atoms with Crippen molar-refractivity contribution in [2.24, 2.45) is 0 Å². The summed E-state index contributed by atoms with van der Waals surface area (Å²) in [5.41, 5.74) is 4.25. The van der Waals surface area contributed by atoms with Gasteiger partial charge in [0.2, 0.25) is 5.91 Å². The second-order valence-corrected chi connectivity index (χ2v) is 7.48. The molecule has 0 spiro atoms.